The smallest absolute Gasteiger partial charge is 0.251 e. The lowest BCUT2D eigenvalue weighted by Gasteiger charge is -2.34. The van der Waals surface area contributed by atoms with E-state index in [4.69, 9.17) is 0 Å². The average Bonchev–Trinajstić information content (AvgIpc) is 2.71. The van der Waals surface area contributed by atoms with Crippen molar-refractivity contribution < 1.29 is 13.2 Å². The monoisotopic (exact) mass is 400 g/mol. The first-order valence-corrected chi connectivity index (χ1v) is 11.3. The van der Waals surface area contributed by atoms with Gasteiger partial charge in [0.1, 0.15) is 0 Å². The van der Waals surface area contributed by atoms with Crippen LogP contribution in [0, 0.1) is 11.8 Å². The lowest BCUT2D eigenvalue weighted by Crippen LogP contribution is -2.43. The highest BCUT2D eigenvalue weighted by atomic mass is 32.2. The third-order valence-electron chi connectivity index (χ3n) is 5.76. The predicted molar refractivity (Wildman–Crippen MR) is 110 cm³/mol. The molecule has 150 valence electrons. The Morgan fingerprint density at radius 1 is 1.00 bits per heavy atom. The van der Waals surface area contributed by atoms with Crippen LogP contribution in [0.15, 0.2) is 59.5 Å². The third kappa shape index (κ3) is 5.00. The molecule has 6 heteroatoms. The van der Waals surface area contributed by atoms with Crippen molar-refractivity contribution in [1.29, 1.82) is 0 Å². The van der Waals surface area contributed by atoms with E-state index in [-0.39, 0.29) is 23.4 Å². The van der Waals surface area contributed by atoms with Crippen LogP contribution in [0.2, 0.25) is 0 Å². The Bertz CT molecular complexity index is 895. The molecule has 1 amide bonds. The van der Waals surface area contributed by atoms with E-state index >= 15 is 0 Å². The first-order chi connectivity index (χ1) is 13.4. The van der Waals surface area contributed by atoms with Gasteiger partial charge in [0, 0.05) is 18.2 Å². The van der Waals surface area contributed by atoms with Gasteiger partial charge in [0.05, 0.1) is 4.90 Å². The third-order valence-corrected chi connectivity index (χ3v) is 7.18. The Kier molecular flexibility index (Phi) is 6.52. The molecule has 0 saturated heterocycles. The molecule has 3 rings (SSSR count). The Morgan fingerprint density at radius 2 is 1.68 bits per heavy atom. The van der Waals surface area contributed by atoms with Crippen LogP contribution in [0.1, 0.15) is 49.0 Å². The molecule has 0 radical (unpaired) electrons. The largest absolute Gasteiger partial charge is 0.349 e. The van der Waals surface area contributed by atoms with E-state index in [0.29, 0.717) is 17.4 Å². The highest BCUT2D eigenvalue weighted by Crippen LogP contribution is 2.29. The second-order valence-electron chi connectivity index (χ2n) is 7.68. The summed E-state index contributed by atoms with van der Waals surface area (Å²) in [5.41, 5.74) is 1.40. The normalized spacial score (nSPS) is 22.6. The van der Waals surface area contributed by atoms with E-state index < -0.39 is 10.0 Å². The van der Waals surface area contributed by atoms with Gasteiger partial charge in [0.25, 0.3) is 5.91 Å². The fourth-order valence-electron chi connectivity index (χ4n) is 3.67. The van der Waals surface area contributed by atoms with Crippen molar-refractivity contribution in [2.75, 3.05) is 0 Å². The lowest BCUT2D eigenvalue weighted by molar-refractivity contribution is 0.0891. The number of hydrogen-bond acceptors (Lipinski definition) is 3. The summed E-state index contributed by atoms with van der Waals surface area (Å²) in [4.78, 5) is 12.8. The maximum atomic E-state index is 12.6. The molecule has 1 aliphatic rings. The molecule has 1 fully saturated rings. The first-order valence-electron chi connectivity index (χ1n) is 9.81. The number of sulfonamides is 1. The van der Waals surface area contributed by atoms with Crippen LogP contribution in [0.4, 0.5) is 0 Å². The van der Waals surface area contributed by atoms with E-state index in [0.717, 1.165) is 18.4 Å². The van der Waals surface area contributed by atoms with Crippen LogP contribution in [0.25, 0.3) is 0 Å². The summed E-state index contributed by atoms with van der Waals surface area (Å²) in [5, 5.41) is 3.16. The summed E-state index contributed by atoms with van der Waals surface area (Å²) < 4.78 is 27.2. The van der Waals surface area contributed by atoms with Gasteiger partial charge >= 0.3 is 0 Å². The molecular weight excluding hydrogens is 372 g/mol. The molecule has 2 aromatic rings. The van der Waals surface area contributed by atoms with Crippen LogP contribution in [-0.2, 0) is 16.6 Å². The van der Waals surface area contributed by atoms with Gasteiger partial charge in [0.2, 0.25) is 10.0 Å². The van der Waals surface area contributed by atoms with Crippen molar-refractivity contribution in [2.45, 2.75) is 50.6 Å². The summed E-state index contributed by atoms with van der Waals surface area (Å²) in [6, 6.07) is 15.6. The molecule has 0 heterocycles. The molecule has 28 heavy (non-hydrogen) atoms. The number of carbonyl (C=O) groups excluding carboxylic acids is 1. The topological polar surface area (TPSA) is 75.3 Å². The molecule has 2 N–H and O–H groups in total. The zero-order valence-electron chi connectivity index (χ0n) is 16.4. The van der Waals surface area contributed by atoms with Gasteiger partial charge in [0.15, 0.2) is 0 Å². The Labute approximate surface area is 167 Å². The van der Waals surface area contributed by atoms with Crippen LogP contribution >= 0.6 is 0 Å². The summed E-state index contributed by atoms with van der Waals surface area (Å²) in [6.07, 6.45) is 3.40. The molecule has 0 spiro atoms. The second kappa shape index (κ2) is 8.88. The van der Waals surface area contributed by atoms with Crippen molar-refractivity contribution in [2.24, 2.45) is 11.8 Å². The Morgan fingerprint density at radius 3 is 2.36 bits per heavy atom. The van der Waals surface area contributed by atoms with Gasteiger partial charge in [-0.25, -0.2) is 13.1 Å². The maximum absolute atomic E-state index is 12.6. The van der Waals surface area contributed by atoms with Crippen LogP contribution in [0.3, 0.4) is 0 Å². The summed E-state index contributed by atoms with van der Waals surface area (Å²) in [5.74, 6) is 1.03. The van der Waals surface area contributed by atoms with E-state index in [9.17, 15) is 13.2 Å². The summed E-state index contributed by atoms with van der Waals surface area (Å²) in [6.45, 7) is 4.63. The highest BCUT2D eigenvalue weighted by molar-refractivity contribution is 7.89. The molecule has 2 aromatic carbocycles. The van der Waals surface area contributed by atoms with Crippen LogP contribution < -0.4 is 10.0 Å². The van der Waals surface area contributed by atoms with Crippen molar-refractivity contribution in [3.8, 4) is 0 Å². The van der Waals surface area contributed by atoms with Gasteiger partial charge in [-0.05, 0) is 48.1 Å². The summed E-state index contributed by atoms with van der Waals surface area (Å²) in [7, 11) is -3.54. The minimum atomic E-state index is -3.54. The van der Waals surface area contributed by atoms with Crippen molar-refractivity contribution >= 4 is 15.9 Å². The van der Waals surface area contributed by atoms with Gasteiger partial charge < -0.3 is 5.32 Å². The molecule has 1 saturated carbocycles. The van der Waals surface area contributed by atoms with Gasteiger partial charge in [-0.2, -0.15) is 0 Å². The number of rotatable bonds is 6. The molecule has 0 unspecified atom stereocenters. The molecule has 3 atom stereocenters. The van der Waals surface area contributed by atoms with Gasteiger partial charge in [-0.1, -0.05) is 57.0 Å². The quantitative estimate of drug-likeness (QED) is 0.776. The fraction of sp³-hybridized carbons (Fsp3) is 0.409. The molecule has 5 nitrogen and oxygen atoms in total. The van der Waals surface area contributed by atoms with Crippen LogP contribution in [0.5, 0.6) is 0 Å². The van der Waals surface area contributed by atoms with E-state index in [1.165, 1.54) is 6.42 Å². The summed E-state index contributed by atoms with van der Waals surface area (Å²) >= 11 is 0. The zero-order valence-corrected chi connectivity index (χ0v) is 17.2. The Balaban J connectivity index is 1.58. The molecule has 1 aliphatic carbocycles. The van der Waals surface area contributed by atoms with E-state index in [1.54, 1.807) is 54.6 Å². The van der Waals surface area contributed by atoms with Gasteiger partial charge in [-0.15, -0.1) is 0 Å². The highest BCUT2D eigenvalue weighted by Gasteiger charge is 2.28. The van der Waals surface area contributed by atoms with Crippen molar-refractivity contribution in [1.82, 2.24) is 10.0 Å². The first kappa shape index (κ1) is 20.6. The number of amides is 1. The van der Waals surface area contributed by atoms with Crippen molar-refractivity contribution in [3.05, 3.63) is 65.7 Å². The minimum Gasteiger partial charge on any atom is -0.349 e. The molecule has 0 aromatic heterocycles. The van der Waals surface area contributed by atoms with E-state index in [1.807, 2.05) is 0 Å². The van der Waals surface area contributed by atoms with Crippen LogP contribution in [-0.4, -0.2) is 20.4 Å². The molecular formula is C22H28N2O3S. The maximum Gasteiger partial charge on any atom is 0.251 e. The number of hydrogen-bond donors (Lipinski definition) is 2. The number of nitrogens with one attached hydrogen (secondary N) is 2. The fourth-order valence-corrected chi connectivity index (χ4v) is 4.71. The molecule has 0 bridgehead atoms. The average molecular weight is 401 g/mol. The number of benzene rings is 2. The van der Waals surface area contributed by atoms with Crippen molar-refractivity contribution in [3.63, 3.8) is 0 Å². The SMILES string of the molecule is C[C@H]1[C@H](C)CCC[C@@H]1NC(=O)c1ccc(CNS(=O)(=O)c2ccccc2)cc1. The van der Waals surface area contributed by atoms with Gasteiger partial charge in [-0.3, -0.25) is 4.79 Å². The standard InChI is InChI=1S/C22H28N2O3S/c1-16-7-6-10-21(17(16)2)24-22(25)19-13-11-18(12-14-19)15-23-28(26,27)20-8-4-3-5-9-20/h3-5,8-9,11-14,16-17,21,23H,6-7,10,15H2,1-2H3,(H,24,25)/t16-,17+,21+/m1/s1. The minimum absolute atomic E-state index is 0.0673. The lowest BCUT2D eigenvalue weighted by atomic mass is 9.78. The number of carbonyl (C=O) groups is 1. The zero-order chi connectivity index (χ0) is 20.1. The van der Waals surface area contributed by atoms with E-state index in [2.05, 4.69) is 23.9 Å². The molecule has 0 aliphatic heterocycles. The second-order valence-corrected chi connectivity index (χ2v) is 9.45. The Hall–Kier alpha value is -2.18. The predicted octanol–water partition coefficient (Wildman–Crippen LogP) is 3.72.